The largest absolute Gasteiger partial charge is 0.372 e. The zero-order valence-electron chi connectivity index (χ0n) is 20.1. The lowest BCUT2D eigenvalue weighted by atomic mass is 10.1. The molecular formula is C25H31FN6OS. The van der Waals surface area contributed by atoms with Crippen molar-refractivity contribution in [3.8, 4) is 5.69 Å². The quantitative estimate of drug-likeness (QED) is 0.471. The fraction of sp³-hybridized carbons (Fsp3) is 0.400. The highest BCUT2D eigenvalue weighted by atomic mass is 32.2. The summed E-state index contributed by atoms with van der Waals surface area (Å²) in [6, 6.07) is 12.4. The molecule has 0 saturated carbocycles. The maximum absolute atomic E-state index is 13.5. The highest BCUT2D eigenvalue weighted by molar-refractivity contribution is 7.99. The lowest BCUT2D eigenvalue weighted by Gasteiger charge is -2.20. The Morgan fingerprint density at radius 2 is 1.79 bits per heavy atom. The smallest absolute Gasteiger partial charge is 0.234 e. The number of nitrogens with zero attached hydrogens (tertiary/aromatic N) is 5. The average molecular weight is 483 g/mol. The molecule has 1 aliphatic heterocycles. The maximum atomic E-state index is 13.5. The van der Waals surface area contributed by atoms with E-state index in [-0.39, 0.29) is 23.5 Å². The fourth-order valence-electron chi connectivity index (χ4n) is 3.99. The number of hydrogen-bond acceptors (Lipinski definition) is 6. The van der Waals surface area contributed by atoms with E-state index in [0.717, 1.165) is 35.9 Å². The predicted octanol–water partition coefficient (Wildman–Crippen LogP) is 4.67. The topological polar surface area (TPSA) is 66.3 Å². The van der Waals surface area contributed by atoms with Crippen molar-refractivity contribution in [2.45, 2.75) is 37.9 Å². The Morgan fingerprint density at radius 3 is 2.44 bits per heavy atom. The van der Waals surface area contributed by atoms with E-state index in [0.29, 0.717) is 5.16 Å². The second-order valence-corrected chi connectivity index (χ2v) is 9.76. The molecule has 0 spiro atoms. The number of hydrogen-bond donors (Lipinski definition) is 1. The molecule has 1 aromatic heterocycles. The van der Waals surface area contributed by atoms with Crippen molar-refractivity contribution >= 4 is 29.0 Å². The molecule has 34 heavy (non-hydrogen) atoms. The number of amides is 1. The molecule has 1 unspecified atom stereocenters. The summed E-state index contributed by atoms with van der Waals surface area (Å²) in [6.07, 6.45) is 2.46. The summed E-state index contributed by atoms with van der Waals surface area (Å²) < 4.78 is 15.4. The van der Waals surface area contributed by atoms with Crippen LogP contribution in [0.15, 0.2) is 47.6 Å². The van der Waals surface area contributed by atoms with Crippen molar-refractivity contribution in [1.82, 2.24) is 19.7 Å². The summed E-state index contributed by atoms with van der Waals surface area (Å²) in [5.74, 6) is 0.493. The van der Waals surface area contributed by atoms with Crippen molar-refractivity contribution < 1.29 is 9.18 Å². The highest BCUT2D eigenvalue weighted by Gasteiger charge is 2.22. The summed E-state index contributed by atoms with van der Waals surface area (Å²) in [6.45, 7) is 6.22. The first-order valence-corrected chi connectivity index (χ1v) is 12.5. The molecule has 7 nitrogen and oxygen atoms in total. The van der Waals surface area contributed by atoms with Crippen molar-refractivity contribution in [2.75, 3.05) is 43.2 Å². The number of rotatable bonds is 8. The predicted molar refractivity (Wildman–Crippen MR) is 135 cm³/mol. The summed E-state index contributed by atoms with van der Waals surface area (Å²) >= 11 is 1.31. The van der Waals surface area contributed by atoms with Gasteiger partial charge in [-0.15, -0.1) is 10.2 Å². The van der Waals surface area contributed by atoms with Gasteiger partial charge in [0.05, 0.1) is 11.8 Å². The van der Waals surface area contributed by atoms with Crippen molar-refractivity contribution in [2.24, 2.45) is 0 Å². The van der Waals surface area contributed by atoms with Gasteiger partial charge < -0.3 is 10.2 Å². The van der Waals surface area contributed by atoms with E-state index >= 15 is 0 Å². The zero-order chi connectivity index (χ0) is 24.2. The molecule has 0 aliphatic carbocycles. The molecule has 9 heteroatoms. The van der Waals surface area contributed by atoms with Crippen LogP contribution in [0.5, 0.6) is 0 Å². The Bertz CT molecular complexity index is 1140. The standard InChI is InChI=1S/C25H31FN6OS/c1-17-15-21(31-13-5-6-14-31)11-12-22(17)27-23(33)16-34-25-29-28-24(18(2)30(3)4)32(25)20-9-7-19(26)8-10-20/h7-12,15,18H,5-6,13-14,16H2,1-4H3,(H,27,33). The monoisotopic (exact) mass is 482 g/mol. The van der Waals surface area contributed by atoms with Crippen LogP contribution < -0.4 is 10.2 Å². The SMILES string of the molecule is Cc1cc(N2CCCC2)ccc1NC(=O)CSc1nnc(C(C)N(C)C)n1-c1ccc(F)cc1. The summed E-state index contributed by atoms with van der Waals surface area (Å²) in [5.41, 5.74) is 3.82. The molecule has 3 aromatic rings. The van der Waals surface area contributed by atoms with E-state index in [2.05, 4.69) is 32.5 Å². The number of thioether (sulfide) groups is 1. The number of aryl methyl sites for hydroxylation is 1. The van der Waals surface area contributed by atoms with Crippen LogP contribution >= 0.6 is 11.8 Å². The molecule has 0 radical (unpaired) electrons. The third-order valence-electron chi connectivity index (χ3n) is 6.18. The molecule has 180 valence electrons. The highest BCUT2D eigenvalue weighted by Crippen LogP contribution is 2.28. The average Bonchev–Trinajstić information content (AvgIpc) is 3.49. The lowest BCUT2D eigenvalue weighted by molar-refractivity contribution is -0.113. The van der Waals surface area contributed by atoms with Gasteiger partial charge in [0, 0.05) is 30.2 Å². The minimum Gasteiger partial charge on any atom is -0.372 e. The van der Waals surface area contributed by atoms with Gasteiger partial charge in [0.1, 0.15) is 5.82 Å². The zero-order valence-corrected chi connectivity index (χ0v) is 20.9. The number of benzene rings is 2. The van der Waals surface area contributed by atoms with Gasteiger partial charge in [0.2, 0.25) is 5.91 Å². The number of anilines is 2. The summed E-state index contributed by atoms with van der Waals surface area (Å²) in [7, 11) is 3.93. The van der Waals surface area contributed by atoms with Gasteiger partial charge in [-0.1, -0.05) is 11.8 Å². The minimum absolute atomic E-state index is 0.0162. The molecular weight excluding hydrogens is 451 g/mol. The molecule has 1 amide bonds. The summed E-state index contributed by atoms with van der Waals surface area (Å²) in [5, 5.41) is 12.3. The Labute approximate surface area is 204 Å². The van der Waals surface area contributed by atoms with E-state index in [1.807, 2.05) is 43.5 Å². The minimum atomic E-state index is -0.307. The van der Waals surface area contributed by atoms with Crippen LogP contribution in [0.25, 0.3) is 5.69 Å². The van der Waals surface area contributed by atoms with Crippen LogP contribution in [0.3, 0.4) is 0 Å². The van der Waals surface area contributed by atoms with Crippen LogP contribution in [-0.2, 0) is 4.79 Å². The normalized spacial score (nSPS) is 14.6. The molecule has 1 aliphatic rings. The first-order valence-electron chi connectivity index (χ1n) is 11.5. The van der Waals surface area contributed by atoms with Crippen LogP contribution in [0, 0.1) is 12.7 Å². The number of halogens is 1. The van der Waals surface area contributed by atoms with Crippen LogP contribution in [-0.4, -0.2) is 58.5 Å². The van der Waals surface area contributed by atoms with Gasteiger partial charge in [-0.3, -0.25) is 14.3 Å². The lowest BCUT2D eigenvalue weighted by Crippen LogP contribution is -2.21. The van der Waals surface area contributed by atoms with Crippen molar-refractivity contribution in [3.63, 3.8) is 0 Å². The maximum Gasteiger partial charge on any atom is 0.234 e. The Kier molecular flexibility index (Phi) is 7.53. The number of aromatic nitrogens is 3. The van der Waals surface area contributed by atoms with E-state index in [1.54, 1.807) is 12.1 Å². The first kappa shape index (κ1) is 24.2. The first-order chi connectivity index (χ1) is 16.3. The van der Waals surface area contributed by atoms with Crippen LogP contribution in [0.2, 0.25) is 0 Å². The molecule has 1 saturated heterocycles. The number of nitrogens with one attached hydrogen (secondary N) is 1. The third-order valence-corrected chi connectivity index (χ3v) is 7.11. The van der Waals surface area contributed by atoms with Gasteiger partial charge in [0.15, 0.2) is 11.0 Å². The van der Waals surface area contributed by atoms with E-state index in [9.17, 15) is 9.18 Å². The van der Waals surface area contributed by atoms with Gasteiger partial charge in [-0.25, -0.2) is 4.39 Å². The Morgan fingerprint density at radius 1 is 1.12 bits per heavy atom. The second kappa shape index (κ2) is 10.6. The Hall–Kier alpha value is -2.91. The molecule has 1 N–H and O–H groups in total. The molecule has 2 heterocycles. The molecule has 4 rings (SSSR count). The molecule has 1 fully saturated rings. The molecule has 1 atom stereocenters. The number of carbonyl (C=O) groups is 1. The number of carbonyl (C=O) groups excluding carboxylic acids is 1. The van der Waals surface area contributed by atoms with Crippen molar-refractivity contribution in [1.29, 1.82) is 0 Å². The third kappa shape index (κ3) is 5.42. The van der Waals surface area contributed by atoms with E-state index < -0.39 is 0 Å². The summed E-state index contributed by atoms with van der Waals surface area (Å²) in [4.78, 5) is 17.2. The Balaban J connectivity index is 1.47. The van der Waals surface area contributed by atoms with Gasteiger partial charge in [-0.05, 0) is 88.8 Å². The van der Waals surface area contributed by atoms with Crippen LogP contribution in [0.4, 0.5) is 15.8 Å². The molecule has 2 aromatic carbocycles. The van der Waals surface area contributed by atoms with Gasteiger partial charge in [-0.2, -0.15) is 0 Å². The second-order valence-electron chi connectivity index (χ2n) is 8.82. The van der Waals surface area contributed by atoms with E-state index in [1.165, 1.54) is 42.4 Å². The molecule has 0 bridgehead atoms. The van der Waals surface area contributed by atoms with E-state index in [4.69, 9.17) is 0 Å². The van der Waals surface area contributed by atoms with Gasteiger partial charge in [0.25, 0.3) is 0 Å². The van der Waals surface area contributed by atoms with Crippen LogP contribution in [0.1, 0.15) is 37.2 Å². The van der Waals surface area contributed by atoms with Crippen molar-refractivity contribution in [3.05, 3.63) is 59.7 Å². The van der Waals surface area contributed by atoms with Gasteiger partial charge >= 0.3 is 0 Å². The fourth-order valence-corrected chi connectivity index (χ4v) is 4.74.